The number of nitrogens with zero attached hydrogens (tertiary/aromatic N) is 2. The summed E-state index contributed by atoms with van der Waals surface area (Å²) >= 11 is 0. The first-order valence-electron chi connectivity index (χ1n) is 9.95. The van der Waals surface area contributed by atoms with Gasteiger partial charge in [-0.05, 0) is 33.8 Å². The van der Waals surface area contributed by atoms with Gasteiger partial charge in [-0.15, -0.1) is 13.2 Å². The van der Waals surface area contributed by atoms with Gasteiger partial charge in [0, 0.05) is 38.3 Å². The van der Waals surface area contributed by atoms with Crippen LogP contribution < -0.4 is 10.5 Å². The fourth-order valence-corrected chi connectivity index (χ4v) is 3.06. The zero-order chi connectivity index (χ0) is 24.3. The van der Waals surface area contributed by atoms with Crippen LogP contribution in [0.25, 0.3) is 0 Å². The standard InChI is InChI=1S/C20H27F4N3O5/c1-5-30-17(28)12-10-14(31-20(22,23)24)13(15(21)16(12)25)11-26-6-8-27(9-7-26)18(29)32-19(2,3)4/h10H,5-9,11,25H2,1-4H3. The third-order valence-corrected chi connectivity index (χ3v) is 4.49. The molecular formula is C20H27F4N3O5. The lowest BCUT2D eigenvalue weighted by Crippen LogP contribution is -2.49. The van der Waals surface area contributed by atoms with Crippen LogP contribution in [0, 0.1) is 5.82 Å². The molecule has 0 aliphatic carbocycles. The Hall–Kier alpha value is -2.76. The summed E-state index contributed by atoms with van der Waals surface area (Å²) in [5.41, 5.74) is 3.38. The molecule has 2 N–H and O–H groups in total. The van der Waals surface area contributed by atoms with Gasteiger partial charge in [-0.2, -0.15) is 0 Å². The first-order valence-corrected chi connectivity index (χ1v) is 9.95. The average Bonchev–Trinajstić information content (AvgIpc) is 2.65. The molecule has 1 amide bonds. The lowest BCUT2D eigenvalue weighted by Gasteiger charge is -2.35. The van der Waals surface area contributed by atoms with E-state index in [1.54, 1.807) is 25.7 Å². The first-order chi connectivity index (χ1) is 14.7. The molecule has 0 spiro atoms. The van der Waals surface area contributed by atoms with Crippen LogP contribution in [0.2, 0.25) is 0 Å². The Balaban J connectivity index is 2.23. The zero-order valence-corrected chi connectivity index (χ0v) is 18.3. The van der Waals surface area contributed by atoms with Crippen molar-refractivity contribution < 1.29 is 41.4 Å². The SMILES string of the molecule is CCOC(=O)c1cc(OC(F)(F)F)c(CN2CCN(C(=O)OC(C)(C)C)CC2)c(F)c1N. The molecule has 1 fully saturated rings. The van der Waals surface area contributed by atoms with Crippen LogP contribution >= 0.6 is 0 Å². The highest BCUT2D eigenvalue weighted by molar-refractivity contribution is 5.96. The molecule has 0 unspecified atom stereocenters. The van der Waals surface area contributed by atoms with Gasteiger partial charge >= 0.3 is 18.4 Å². The van der Waals surface area contributed by atoms with Crippen LogP contribution in [-0.2, 0) is 16.0 Å². The van der Waals surface area contributed by atoms with Crippen molar-refractivity contribution in [3.05, 3.63) is 23.0 Å². The molecule has 1 aromatic rings. The number of anilines is 1. The van der Waals surface area contributed by atoms with Crippen LogP contribution in [0.3, 0.4) is 0 Å². The second-order valence-electron chi connectivity index (χ2n) is 8.14. The summed E-state index contributed by atoms with van der Waals surface area (Å²) < 4.78 is 67.7. The molecule has 2 rings (SSSR count). The number of benzene rings is 1. The van der Waals surface area contributed by atoms with Gasteiger partial charge in [0.15, 0.2) is 5.82 Å². The second kappa shape index (κ2) is 9.80. The second-order valence-corrected chi connectivity index (χ2v) is 8.14. The van der Waals surface area contributed by atoms with Crippen LogP contribution in [0.4, 0.5) is 28.0 Å². The number of esters is 1. The van der Waals surface area contributed by atoms with Crippen molar-refractivity contribution in [3.63, 3.8) is 0 Å². The van der Waals surface area contributed by atoms with Crippen molar-refractivity contribution in [2.75, 3.05) is 38.5 Å². The Morgan fingerprint density at radius 3 is 2.22 bits per heavy atom. The van der Waals surface area contributed by atoms with E-state index in [2.05, 4.69) is 4.74 Å². The summed E-state index contributed by atoms with van der Waals surface area (Å²) in [5.74, 6) is -3.13. The largest absolute Gasteiger partial charge is 0.573 e. The molecule has 1 aromatic carbocycles. The fourth-order valence-electron chi connectivity index (χ4n) is 3.06. The van der Waals surface area contributed by atoms with Gasteiger partial charge in [0.25, 0.3) is 0 Å². The third-order valence-electron chi connectivity index (χ3n) is 4.49. The van der Waals surface area contributed by atoms with Crippen molar-refractivity contribution in [2.45, 2.75) is 46.2 Å². The van der Waals surface area contributed by atoms with Gasteiger partial charge in [0.1, 0.15) is 11.4 Å². The van der Waals surface area contributed by atoms with E-state index >= 15 is 0 Å². The molecule has 32 heavy (non-hydrogen) atoms. The number of carbonyl (C=O) groups excluding carboxylic acids is 2. The quantitative estimate of drug-likeness (QED) is 0.404. The van der Waals surface area contributed by atoms with E-state index in [-0.39, 0.29) is 39.3 Å². The Bertz CT molecular complexity index is 847. The molecule has 180 valence electrons. The predicted octanol–water partition coefficient (Wildman–Crippen LogP) is 3.54. The Morgan fingerprint density at radius 1 is 1.12 bits per heavy atom. The summed E-state index contributed by atoms with van der Waals surface area (Å²) in [5, 5.41) is 0. The Labute approximate surface area is 183 Å². The monoisotopic (exact) mass is 465 g/mol. The van der Waals surface area contributed by atoms with Crippen LogP contribution in [-0.4, -0.2) is 66.6 Å². The molecule has 0 atom stereocenters. The molecule has 1 aliphatic rings. The van der Waals surface area contributed by atoms with Crippen molar-refractivity contribution in [3.8, 4) is 5.75 Å². The fraction of sp³-hybridized carbons (Fsp3) is 0.600. The van der Waals surface area contributed by atoms with E-state index < -0.39 is 52.4 Å². The minimum Gasteiger partial charge on any atom is -0.462 e. The number of carbonyl (C=O) groups is 2. The van der Waals surface area contributed by atoms with Gasteiger partial charge in [-0.25, -0.2) is 14.0 Å². The highest BCUT2D eigenvalue weighted by Crippen LogP contribution is 2.35. The lowest BCUT2D eigenvalue weighted by molar-refractivity contribution is -0.275. The molecule has 0 saturated carbocycles. The van der Waals surface area contributed by atoms with Gasteiger partial charge in [0.05, 0.1) is 17.9 Å². The summed E-state index contributed by atoms with van der Waals surface area (Å²) in [6, 6.07) is 0.732. The Morgan fingerprint density at radius 2 is 1.72 bits per heavy atom. The molecule has 0 aromatic heterocycles. The minimum atomic E-state index is -5.11. The normalized spacial score (nSPS) is 15.4. The minimum absolute atomic E-state index is 0.0704. The van der Waals surface area contributed by atoms with E-state index in [4.69, 9.17) is 15.2 Å². The van der Waals surface area contributed by atoms with Gasteiger partial charge in [-0.1, -0.05) is 0 Å². The third kappa shape index (κ3) is 6.87. The lowest BCUT2D eigenvalue weighted by atomic mass is 10.1. The zero-order valence-electron chi connectivity index (χ0n) is 18.3. The highest BCUT2D eigenvalue weighted by atomic mass is 19.4. The number of alkyl halides is 3. The number of halogens is 4. The number of ether oxygens (including phenoxy) is 3. The van der Waals surface area contributed by atoms with Crippen molar-refractivity contribution in [2.24, 2.45) is 0 Å². The van der Waals surface area contributed by atoms with Crippen LogP contribution in [0.15, 0.2) is 6.07 Å². The maximum Gasteiger partial charge on any atom is 0.573 e. The number of rotatable bonds is 5. The molecule has 0 bridgehead atoms. The number of hydrogen-bond donors (Lipinski definition) is 1. The summed E-state index contributed by atoms with van der Waals surface area (Å²) in [6.45, 7) is 7.33. The van der Waals surface area contributed by atoms with Crippen molar-refractivity contribution >= 4 is 17.7 Å². The number of nitrogen functional groups attached to an aromatic ring is 1. The average molecular weight is 465 g/mol. The first kappa shape index (κ1) is 25.5. The van der Waals surface area contributed by atoms with E-state index in [0.717, 1.165) is 6.07 Å². The molecule has 1 aliphatic heterocycles. The summed E-state index contributed by atoms with van der Waals surface area (Å²) in [7, 11) is 0. The van der Waals surface area contributed by atoms with Crippen LogP contribution in [0.5, 0.6) is 5.75 Å². The predicted molar refractivity (Wildman–Crippen MR) is 107 cm³/mol. The summed E-state index contributed by atoms with van der Waals surface area (Å²) in [6.07, 6.45) is -5.62. The molecule has 1 heterocycles. The highest BCUT2D eigenvalue weighted by Gasteiger charge is 2.35. The molecule has 12 heteroatoms. The molecule has 0 radical (unpaired) electrons. The number of hydrogen-bond acceptors (Lipinski definition) is 7. The smallest absolute Gasteiger partial charge is 0.462 e. The topological polar surface area (TPSA) is 94.3 Å². The molecule has 8 nitrogen and oxygen atoms in total. The number of piperazine rings is 1. The Kier molecular flexibility index (Phi) is 7.81. The number of amides is 1. The van der Waals surface area contributed by atoms with Crippen molar-refractivity contribution in [1.29, 1.82) is 0 Å². The van der Waals surface area contributed by atoms with Crippen molar-refractivity contribution in [1.82, 2.24) is 9.80 Å². The summed E-state index contributed by atoms with van der Waals surface area (Å²) in [4.78, 5) is 27.2. The van der Waals surface area contributed by atoms with Crippen LogP contribution in [0.1, 0.15) is 43.6 Å². The number of nitrogens with two attached hydrogens (primary N) is 1. The van der Waals surface area contributed by atoms with E-state index in [1.165, 1.54) is 11.8 Å². The van der Waals surface area contributed by atoms with E-state index in [0.29, 0.717) is 0 Å². The maximum absolute atomic E-state index is 15.0. The van der Waals surface area contributed by atoms with Gasteiger partial charge in [0.2, 0.25) is 0 Å². The molecule has 1 saturated heterocycles. The maximum atomic E-state index is 15.0. The van der Waals surface area contributed by atoms with Gasteiger partial charge in [-0.3, -0.25) is 4.90 Å². The molecular weight excluding hydrogens is 438 g/mol. The van der Waals surface area contributed by atoms with E-state index in [9.17, 15) is 27.2 Å². The van der Waals surface area contributed by atoms with E-state index in [1.807, 2.05) is 0 Å². The van der Waals surface area contributed by atoms with Gasteiger partial charge < -0.3 is 24.8 Å².